The number of hydrogen-bond donors (Lipinski definition) is 3. The van der Waals surface area contributed by atoms with E-state index in [1.807, 2.05) is 30.3 Å². The lowest BCUT2D eigenvalue weighted by atomic mass is 10.2. The number of aromatic nitrogens is 2. The molecular formula is C14H20N5O2+. The number of ether oxygens (including phenoxy) is 1. The molecule has 1 aromatic carbocycles. The van der Waals surface area contributed by atoms with Gasteiger partial charge in [-0.1, -0.05) is 0 Å². The summed E-state index contributed by atoms with van der Waals surface area (Å²) in [6, 6.07) is 5.07. The van der Waals surface area contributed by atoms with Gasteiger partial charge in [0, 0.05) is 5.69 Å². The molecular weight excluding hydrogens is 270 g/mol. The van der Waals surface area contributed by atoms with E-state index in [9.17, 15) is 4.79 Å². The highest BCUT2D eigenvalue weighted by Gasteiger charge is 2.07. The molecule has 0 saturated carbocycles. The van der Waals surface area contributed by atoms with Gasteiger partial charge < -0.3 is 21.5 Å². The van der Waals surface area contributed by atoms with Crippen molar-refractivity contribution >= 4 is 17.3 Å². The van der Waals surface area contributed by atoms with Gasteiger partial charge in [-0.2, -0.15) is 0 Å². The zero-order valence-electron chi connectivity index (χ0n) is 12.0. The first-order chi connectivity index (χ1) is 10.0. The largest absolute Gasteiger partial charge is 0.490 e. The number of carbonyl (C=O) groups is 1. The number of nitrogens with two attached hydrogens (primary N) is 2. The van der Waals surface area contributed by atoms with Crippen molar-refractivity contribution in [1.82, 2.24) is 9.88 Å². The van der Waals surface area contributed by atoms with Crippen molar-refractivity contribution in [3.8, 4) is 5.75 Å². The van der Waals surface area contributed by atoms with Crippen LogP contribution in [0, 0.1) is 0 Å². The third-order valence-electron chi connectivity index (χ3n) is 2.87. The van der Waals surface area contributed by atoms with E-state index in [0.717, 1.165) is 0 Å². The lowest BCUT2D eigenvalue weighted by Gasteiger charge is -2.09. The molecule has 2 aromatic rings. The zero-order valence-corrected chi connectivity index (χ0v) is 12.0. The number of nitrogens with zero attached hydrogens (tertiary/aromatic N) is 2. The predicted octanol–water partition coefficient (Wildman–Crippen LogP) is -0.328. The number of imidazole rings is 1. The summed E-state index contributed by atoms with van der Waals surface area (Å²) in [5.74, 6) is 0.496. The van der Waals surface area contributed by atoms with Crippen molar-refractivity contribution in [2.45, 2.75) is 6.54 Å². The molecule has 7 heteroatoms. The third-order valence-corrected chi connectivity index (χ3v) is 2.87. The first-order valence-corrected chi connectivity index (χ1v) is 6.60. The molecule has 0 aliphatic heterocycles. The van der Waals surface area contributed by atoms with E-state index < -0.39 is 0 Å². The molecule has 2 rings (SSSR count). The predicted molar refractivity (Wildman–Crippen MR) is 79.4 cm³/mol. The lowest BCUT2D eigenvalue weighted by Crippen LogP contribution is -2.31. The summed E-state index contributed by atoms with van der Waals surface area (Å²) < 4.78 is 9.17. The Morgan fingerprint density at radius 2 is 2.24 bits per heavy atom. The average molecular weight is 290 g/mol. The van der Waals surface area contributed by atoms with E-state index in [2.05, 4.69) is 5.32 Å². The summed E-state index contributed by atoms with van der Waals surface area (Å²) in [6.45, 7) is 1.04. The first-order valence-electron chi connectivity index (χ1n) is 6.60. The van der Waals surface area contributed by atoms with Crippen LogP contribution < -0.4 is 26.1 Å². The quantitative estimate of drug-likeness (QED) is 0.385. The van der Waals surface area contributed by atoms with Gasteiger partial charge in [0.25, 0.3) is 5.91 Å². The second kappa shape index (κ2) is 6.65. The number of rotatable bonds is 6. The minimum absolute atomic E-state index is 0.0694. The van der Waals surface area contributed by atoms with E-state index in [1.165, 1.54) is 0 Å². The van der Waals surface area contributed by atoms with Crippen LogP contribution >= 0.6 is 0 Å². The number of amides is 1. The summed E-state index contributed by atoms with van der Waals surface area (Å²) in [6.07, 6.45) is 5.55. The molecule has 21 heavy (non-hydrogen) atoms. The van der Waals surface area contributed by atoms with Crippen LogP contribution in [0.4, 0.5) is 11.4 Å². The fourth-order valence-electron chi connectivity index (χ4n) is 1.87. The molecule has 0 spiro atoms. The molecule has 112 valence electrons. The maximum Gasteiger partial charge on any atom is 0.262 e. The Kier molecular flexibility index (Phi) is 4.65. The molecule has 0 saturated heterocycles. The number of carbonyl (C=O) groups excluding carboxylic acids is 1. The van der Waals surface area contributed by atoms with Crippen LogP contribution in [-0.4, -0.2) is 23.6 Å². The molecule has 0 aliphatic rings. The van der Waals surface area contributed by atoms with E-state index in [0.29, 0.717) is 30.3 Å². The zero-order chi connectivity index (χ0) is 15.2. The van der Waals surface area contributed by atoms with Crippen molar-refractivity contribution in [1.29, 1.82) is 0 Å². The highest BCUT2D eigenvalue weighted by molar-refractivity contribution is 5.75. The van der Waals surface area contributed by atoms with Crippen molar-refractivity contribution in [3.63, 3.8) is 0 Å². The van der Waals surface area contributed by atoms with E-state index in [-0.39, 0.29) is 12.5 Å². The van der Waals surface area contributed by atoms with Gasteiger partial charge in [0.05, 0.1) is 19.3 Å². The topological polar surface area (TPSA) is 99.2 Å². The van der Waals surface area contributed by atoms with E-state index in [1.54, 1.807) is 22.8 Å². The number of benzene rings is 1. The number of anilines is 2. The molecule has 0 atom stereocenters. The molecule has 0 fully saturated rings. The second-order valence-electron chi connectivity index (χ2n) is 4.75. The van der Waals surface area contributed by atoms with Crippen LogP contribution in [-0.2, 0) is 18.4 Å². The SMILES string of the molecule is C[n+]1ccn(CC(=O)NCCOc2ccc(N)cc2N)c1. The van der Waals surface area contributed by atoms with Gasteiger partial charge in [0.1, 0.15) is 24.8 Å². The third kappa shape index (κ3) is 4.41. The van der Waals surface area contributed by atoms with Gasteiger partial charge in [-0.25, -0.2) is 9.13 Å². The lowest BCUT2D eigenvalue weighted by molar-refractivity contribution is -0.671. The minimum Gasteiger partial charge on any atom is -0.490 e. The number of nitrogen functional groups attached to an aromatic ring is 2. The Labute approximate surface area is 123 Å². The van der Waals surface area contributed by atoms with Crippen LogP contribution in [0.15, 0.2) is 36.9 Å². The molecule has 0 radical (unpaired) electrons. The van der Waals surface area contributed by atoms with Crippen LogP contribution in [0.5, 0.6) is 5.75 Å². The molecule has 0 unspecified atom stereocenters. The molecule has 1 amide bonds. The smallest absolute Gasteiger partial charge is 0.262 e. The summed E-state index contributed by atoms with van der Waals surface area (Å²) in [5.41, 5.74) is 12.4. The summed E-state index contributed by atoms with van der Waals surface area (Å²) in [7, 11) is 1.90. The number of hydrogen-bond acceptors (Lipinski definition) is 4. The van der Waals surface area contributed by atoms with Crippen molar-refractivity contribution in [2.24, 2.45) is 7.05 Å². The normalized spacial score (nSPS) is 10.3. The van der Waals surface area contributed by atoms with Crippen molar-refractivity contribution < 1.29 is 14.1 Å². The summed E-state index contributed by atoms with van der Waals surface area (Å²) in [5, 5.41) is 2.78. The van der Waals surface area contributed by atoms with Crippen LogP contribution in [0.25, 0.3) is 0 Å². The summed E-state index contributed by atoms with van der Waals surface area (Å²) in [4.78, 5) is 11.7. The van der Waals surface area contributed by atoms with Gasteiger partial charge in [-0.15, -0.1) is 0 Å². The van der Waals surface area contributed by atoms with Crippen molar-refractivity contribution in [2.75, 3.05) is 24.6 Å². The maximum atomic E-state index is 11.7. The Balaban J connectivity index is 1.70. The number of nitrogens with one attached hydrogen (secondary N) is 1. The van der Waals surface area contributed by atoms with Crippen molar-refractivity contribution in [3.05, 3.63) is 36.9 Å². The molecule has 1 heterocycles. The molecule has 7 nitrogen and oxygen atoms in total. The maximum absolute atomic E-state index is 11.7. The average Bonchev–Trinajstić information content (AvgIpc) is 2.82. The fourth-order valence-corrected chi connectivity index (χ4v) is 1.87. The standard InChI is InChI=1S/C14H19N5O2/c1-18-5-6-19(10-18)9-14(20)17-4-7-21-13-3-2-11(15)8-12(13)16/h2-3,5-6,8,10H,4,7,9,15-16H2,1H3/p+1. The Hall–Kier alpha value is -2.70. The molecule has 0 aliphatic carbocycles. The van der Waals surface area contributed by atoms with Gasteiger partial charge in [-0.3, -0.25) is 4.79 Å². The molecule has 0 bridgehead atoms. The highest BCUT2D eigenvalue weighted by Crippen LogP contribution is 2.23. The molecule has 5 N–H and O–H groups in total. The van der Waals surface area contributed by atoms with Gasteiger partial charge >= 0.3 is 0 Å². The monoisotopic (exact) mass is 290 g/mol. The van der Waals surface area contributed by atoms with E-state index in [4.69, 9.17) is 16.2 Å². The fraction of sp³-hybridized carbons (Fsp3) is 0.286. The van der Waals surface area contributed by atoms with Gasteiger partial charge in [-0.05, 0) is 18.2 Å². The van der Waals surface area contributed by atoms with Crippen LogP contribution in [0.2, 0.25) is 0 Å². The van der Waals surface area contributed by atoms with E-state index >= 15 is 0 Å². The van der Waals surface area contributed by atoms with Gasteiger partial charge in [0.15, 0.2) is 6.54 Å². The Morgan fingerprint density at radius 1 is 1.43 bits per heavy atom. The van der Waals surface area contributed by atoms with Crippen LogP contribution in [0.1, 0.15) is 0 Å². The Bertz CT molecular complexity index is 624. The first kappa shape index (κ1) is 14.7. The Morgan fingerprint density at radius 3 is 2.90 bits per heavy atom. The number of aryl methyl sites for hydroxylation is 1. The highest BCUT2D eigenvalue weighted by atomic mass is 16.5. The molecule has 1 aromatic heterocycles. The van der Waals surface area contributed by atoms with Gasteiger partial charge in [0.2, 0.25) is 6.33 Å². The summed E-state index contributed by atoms with van der Waals surface area (Å²) >= 11 is 0. The minimum atomic E-state index is -0.0694. The van der Waals surface area contributed by atoms with Crippen LogP contribution in [0.3, 0.4) is 0 Å². The second-order valence-corrected chi connectivity index (χ2v) is 4.75.